The van der Waals surface area contributed by atoms with E-state index in [9.17, 15) is 13.2 Å². The van der Waals surface area contributed by atoms with Crippen LogP contribution in [0.5, 0.6) is 0 Å². The van der Waals surface area contributed by atoms with Gasteiger partial charge in [0.2, 0.25) is 0 Å². The Morgan fingerprint density at radius 1 is 1.23 bits per heavy atom. The first-order valence-corrected chi connectivity index (χ1v) is 11.1. The summed E-state index contributed by atoms with van der Waals surface area (Å²) in [5.74, 6) is 0.567. The standard InChI is InChI=1S/C19H20N2O3S2/c22-18(21-16-10-13-26(23,24)14-16)17-9-4-11-20-19(17)25-12-5-8-15-6-2-1-3-7-15/h1-9,11,16H,10,12-14H2,(H,21,22). The van der Waals surface area contributed by atoms with Crippen molar-refractivity contribution in [2.75, 3.05) is 17.3 Å². The topological polar surface area (TPSA) is 76.1 Å². The molecule has 136 valence electrons. The highest BCUT2D eigenvalue weighted by Crippen LogP contribution is 2.21. The van der Waals surface area contributed by atoms with Gasteiger partial charge in [-0.1, -0.05) is 42.5 Å². The Balaban J connectivity index is 1.60. The van der Waals surface area contributed by atoms with E-state index in [0.717, 1.165) is 5.56 Å². The van der Waals surface area contributed by atoms with Gasteiger partial charge in [0.25, 0.3) is 5.91 Å². The molecule has 2 heterocycles. The highest BCUT2D eigenvalue weighted by molar-refractivity contribution is 7.99. The lowest BCUT2D eigenvalue weighted by molar-refractivity contribution is 0.0937. The van der Waals surface area contributed by atoms with Crippen molar-refractivity contribution >= 4 is 33.6 Å². The maximum absolute atomic E-state index is 12.5. The zero-order valence-corrected chi connectivity index (χ0v) is 15.8. The van der Waals surface area contributed by atoms with Gasteiger partial charge in [0.15, 0.2) is 9.84 Å². The van der Waals surface area contributed by atoms with Gasteiger partial charge in [0.1, 0.15) is 5.03 Å². The van der Waals surface area contributed by atoms with Gasteiger partial charge < -0.3 is 5.32 Å². The van der Waals surface area contributed by atoms with Crippen LogP contribution in [-0.4, -0.2) is 42.6 Å². The minimum atomic E-state index is -3.02. The number of amides is 1. The predicted molar refractivity (Wildman–Crippen MR) is 105 cm³/mol. The van der Waals surface area contributed by atoms with Crippen LogP contribution in [0.25, 0.3) is 6.08 Å². The fraction of sp³-hybridized carbons (Fsp3) is 0.263. The van der Waals surface area contributed by atoms with E-state index in [0.29, 0.717) is 22.8 Å². The largest absolute Gasteiger partial charge is 0.348 e. The van der Waals surface area contributed by atoms with E-state index in [2.05, 4.69) is 10.3 Å². The van der Waals surface area contributed by atoms with Crippen LogP contribution >= 0.6 is 11.8 Å². The second-order valence-electron chi connectivity index (χ2n) is 6.05. The minimum absolute atomic E-state index is 0.0152. The number of rotatable bonds is 6. The number of aromatic nitrogens is 1. The lowest BCUT2D eigenvalue weighted by Crippen LogP contribution is -2.35. The normalized spacial score (nSPS) is 18.8. The molecule has 1 aromatic carbocycles. The van der Waals surface area contributed by atoms with E-state index in [1.807, 2.05) is 42.5 Å². The number of hydrogen-bond donors (Lipinski definition) is 1. The Kier molecular flexibility index (Phi) is 6.11. The molecular weight excluding hydrogens is 368 g/mol. The Morgan fingerprint density at radius 2 is 2.04 bits per heavy atom. The molecule has 1 amide bonds. The molecule has 2 aromatic rings. The summed E-state index contributed by atoms with van der Waals surface area (Å²) < 4.78 is 23.1. The number of carbonyl (C=O) groups is 1. The smallest absolute Gasteiger partial charge is 0.254 e. The molecule has 0 aliphatic carbocycles. The molecule has 1 fully saturated rings. The average molecular weight is 389 g/mol. The third-order valence-corrected chi connectivity index (χ3v) is 6.74. The molecule has 26 heavy (non-hydrogen) atoms. The molecule has 7 heteroatoms. The highest BCUT2D eigenvalue weighted by atomic mass is 32.2. The van der Waals surface area contributed by atoms with Crippen LogP contribution in [-0.2, 0) is 9.84 Å². The molecule has 0 spiro atoms. The third kappa shape index (κ3) is 5.19. The van der Waals surface area contributed by atoms with Crippen molar-refractivity contribution in [3.05, 3.63) is 65.9 Å². The van der Waals surface area contributed by atoms with Crippen LogP contribution in [0.15, 0.2) is 59.8 Å². The SMILES string of the molecule is O=C(NC1CCS(=O)(=O)C1)c1cccnc1SCC=Cc1ccccc1. The van der Waals surface area contributed by atoms with Crippen LogP contribution in [0.2, 0.25) is 0 Å². The Morgan fingerprint density at radius 3 is 2.77 bits per heavy atom. The molecule has 0 bridgehead atoms. The molecule has 1 aliphatic rings. The quantitative estimate of drug-likeness (QED) is 0.770. The maximum Gasteiger partial charge on any atom is 0.254 e. The van der Waals surface area contributed by atoms with Crippen molar-refractivity contribution in [2.45, 2.75) is 17.5 Å². The van der Waals surface area contributed by atoms with E-state index in [4.69, 9.17) is 0 Å². The zero-order valence-electron chi connectivity index (χ0n) is 14.2. The molecule has 0 saturated carbocycles. The summed E-state index contributed by atoms with van der Waals surface area (Å²) in [5.41, 5.74) is 1.60. The van der Waals surface area contributed by atoms with Gasteiger partial charge in [-0.3, -0.25) is 4.79 Å². The molecule has 1 unspecified atom stereocenters. The second-order valence-corrected chi connectivity index (χ2v) is 9.29. The van der Waals surface area contributed by atoms with Crippen molar-refractivity contribution < 1.29 is 13.2 Å². The van der Waals surface area contributed by atoms with Gasteiger partial charge in [-0.2, -0.15) is 0 Å². The van der Waals surface area contributed by atoms with E-state index >= 15 is 0 Å². The Bertz CT molecular complexity index is 896. The van der Waals surface area contributed by atoms with Crippen LogP contribution in [0.1, 0.15) is 22.3 Å². The van der Waals surface area contributed by atoms with Crippen molar-refractivity contribution in [2.24, 2.45) is 0 Å². The van der Waals surface area contributed by atoms with Gasteiger partial charge in [-0.15, -0.1) is 11.8 Å². The summed E-state index contributed by atoms with van der Waals surface area (Å²) in [4.78, 5) is 16.8. The van der Waals surface area contributed by atoms with Crippen molar-refractivity contribution in [1.82, 2.24) is 10.3 Å². The van der Waals surface area contributed by atoms with Crippen LogP contribution in [0, 0.1) is 0 Å². The van der Waals surface area contributed by atoms with Gasteiger partial charge in [-0.25, -0.2) is 13.4 Å². The van der Waals surface area contributed by atoms with E-state index in [1.54, 1.807) is 18.3 Å². The molecule has 3 rings (SSSR count). The molecular formula is C19H20N2O3S2. The molecule has 1 atom stereocenters. The van der Waals surface area contributed by atoms with E-state index < -0.39 is 9.84 Å². The first-order chi connectivity index (χ1) is 12.5. The molecule has 1 saturated heterocycles. The van der Waals surface area contributed by atoms with Crippen molar-refractivity contribution in [3.8, 4) is 0 Å². The number of thioether (sulfide) groups is 1. The summed E-state index contributed by atoms with van der Waals surface area (Å²) in [7, 11) is -3.02. The summed E-state index contributed by atoms with van der Waals surface area (Å²) in [6, 6.07) is 13.1. The molecule has 1 aromatic heterocycles. The Labute approximate surface area is 157 Å². The fourth-order valence-electron chi connectivity index (χ4n) is 2.73. The van der Waals surface area contributed by atoms with Crippen LogP contribution in [0.3, 0.4) is 0 Å². The van der Waals surface area contributed by atoms with Gasteiger partial charge >= 0.3 is 0 Å². The lowest BCUT2D eigenvalue weighted by Gasteiger charge is -2.12. The fourth-order valence-corrected chi connectivity index (χ4v) is 5.20. The van der Waals surface area contributed by atoms with Gasteiger partial charge in [-0.05, 0) is 24.1 Å². The number of benzene rings is 1. The van der Waals surface area contributed by atoms with E-state index in [1.165, 1.54) is 11.8 Å². The minimum Gasteiger partial charge on any atom is -0.348 e. The lowest BCUT2D eigenvalue weighted by atomic mass is 10.2. The summed E-state index contributed by atoms with van der Waals surface area (Å²) in [6.07, 6.45) is 6.18. The molecule has 1 N–H and O–H groups in total. The molecule has 5 nitrogen and oxygen atoms in total. The van der Waals surface area contributed by atoms with Gasteiger partial charge in [0, 0.05) is 18.0 Å². The molecule has 0 radical (unpaired) electrons. The third-order valence-electron chi connectivity index (χ3n) is 4.01. The van der Waals surface area contributed by atoms with Crippen molar-refractivity contribution in [1.29, 1.82) is 0 Å². The Hall–Kier alpha value is -2.12. The summed E-state index contributed by atoms with van der Waals surface area (Å²) in [6.45, 7) is 0. The number of nitrogens with zero attached hydrogens (tertiary/aromatic N) is 1. The van der Waals surface area contributed by atoms with Crippen LogP contribution in [0.4, 0.5) is 0 Å². The zero-order chi connectivity index (χ0) is 18.4. The number of carbonyl (C=O) groups excluding carboxylic acids is 1. The van der Waals surface area contributed by atoms with Gasteiger partial charge in [0.05, 0.1) is 17.1 Å². The van der Waals surface area contributed by atoms with Crippen LogP contribution < -0.4 is 5.32 Å². The second kappa shape index (κ2) is 8.51. The van der Waals surface area contributed by atoms with Crippen molar-refractivity contribution in [3.63, 3.8) is 0 Å². The number of pyridine rings is 1. The monoisotopic (exact) mass is 388 g/mol. The predicted octanol–water partition coefficient (Wildman–Crippen LogP) is 2.80. The summed E-state index contributed by atoms with van der Waals surface area (Å²) in [5, 5.41) is 3.46. The average Bonchev–Trinajstić information content (AvgIpc) is 2.98. The highest BCUT2D eigenvalue weighted by Gasteiger charge is 2.29. The number of nitrogens with one attached hydrogen (secondary N) is 1. The molecule has 1 aliphatic heterocycles. The number of sulfone groups is 1. The number of hydrogen-bond acceptors (Lipinski definition) is 5. The van der Waals surface area contributed by atoms with E-state index in [-0.39, 0.29) is 23.5 Å². The first kappa shape index (κ1) is 18.7. The first-order valence-electron chi connectivity index (χ1n) is 8.34. The summed E-state index contributed by atoms with van der Waals surface area (Å²) >= 11 is 1.48. The maximum atomic E-state index is 12.5.